The second kappa shape index (κ2) is 9.84. The van der Waals surface area contributed by atoms with Crippen molar-refractivity contribution in [1.82, 2.24) is 20.0 Å². The number of piperazine rings is 2. The number of nitrogens with one attached hydrogen (secondary N) is 2. The van der Waals surface area contributed by atoms with E-state index >= 15 is 0 Å². The van der Waals surface area contributed by atoms with Gasteiger partial charge in [-0.3, -0.25) is 19.3 Å². The molecule has 1 aromatic carbocycles. The van der Waals surface area contributed by atoms with Gasteiger partial charge in [-0.15, -0.1) is 0 Å². The first kappa shape index (κ1) is 21.3. The normalized spacial score (nSPS) is 21.0. The summed E-state index contributed by atoms with van der Waals surface area (Å²) in [5.74, 6) is -0.620. The Balaban J connectivity index is 1.58. The van der Waals surface area contributed by atoms with E-state index in [0.29, 0.717) is 25.3 Å². The summed E-state index contributed by atoms with van der Waals surface area (Å²) in [6, 6.07) is 6.73. The van der Waals surface area contributed by atoms with Gasteiger partial charge >= 0.3 is 0 Å². The minimum absolute atomic E-state index is 0.0465. The number of rotatable bonds is 6. The van der Waals surface area contributed by atoms with Crippen LogP contribution >= 0.6 is 0 Å². The fourth-order valence-electron chi connectivity index (χ4n) is 3.87. The molecule has 2 heterocycles. The van der Waals surface area contributed by atoms with Gasteiger partial charge in [0.25, 0.3) is 0 Å². The average Bonchev–Trinajstić information content (AvgIpc) is 2.70. The van der Waals surface area contributed by atoms with Gasteiger partial charge in [0, 0.05) is 45.0 Å². The van der Waals surface area contributed by atoms with Crippen LogP contribution in [0.1, 0.15) is 18.9 Å². The summed E-state index contributed by atoms with van der Waals surface area (Å²) >= 11 is 0. The van der Waals surface area contributed by atoms with Crippen LogP contribution in [0.4, 0.5) is 5.69 Å². The molecule has 0 bridgehead atoms. The number of benzene rings is 1. The Labute approximate surface area is 172 Å². The molecule has 3 amide bonds. The second-order valence-corrected chi connectivity index (χ2v) is 7.73. The molecule has 2 saturated heterocycles. The first-order chi connectivity index (χ1) is 14.0. The van der Waals surface area contributed by atoms with Gasteiger partial charge in [-0.2, -0.15) is 0 Å². The Bertz CT molecular complexity index is 746. The molecule has 2 aliphatic rings. The van der Waals surface area contributed by atoms with E-state index in [1.165, 1.54) is 0 Å². The first-order valence-electron chi connectivity index (χ1n) is 10.3. The van der Waals surface area contributed by atoms with E-state index in [1.807, 2.05) is 31.2 Å². The van der Waals surface area contributed by atoms with E-state index in [-0.39, 0.29) is 24.1 Å². The van der Waals surface area contributed by atoms with Crippen molar-refractivity contribution in [2.24, 2.45) is 0 Å². The molecule has 0 radical (unpaired) electrons. The fourth-order valence-corrected chi connectivity index (χ4v) is 3.87. The number of hydrogen-bond donors (Lipinski definition) is 2. The molecular weight excluding hydrogens is 370 g/mol. The molecule has 158 valence electrons. The number of carbonyl (C=O) groups excluding carboxylic acids is 3. The molecule has 2 fully saturated rings. The van der Waals surface area contributed by atoms with Crippen LogP contribution in [0, 0.1) is 6.92 Å². The largest absolute Gasteiger partial charge is 0.353 e. The van der Waals surface area contributed by atoms with Crippen molar-refractivity contribution in [1.29, 1.82) is 0 Å². The van der Waals surface area contributed by atoms with E-state index < -0.39 is 6.04 Å². The molecule has 1 unspecified atom stereocenters. The van der Waals surface area contributed by atoms with Gasteiger partial charge < -0.3 is 20.4 Å². The molecule has 0 spiro atoms. The summed E-state index contributed by atoms with van der Waals surface area (Å²) < 4.78 is 0. The van der Waals surface area contributed by atoms with Crippen LogP contribution in [0.25, 0.3) is 0 Å². The number of amides is 3. The van der Waals surface area contributed by atoms with Crippen molar-refractivity contribution in [3.8, 4) is 0 Å². The number of hydrogen-bond acceptors (Lipinski definition) is 5. The van der Waals surface area contributed by atoms with Crippen molar-refractivity contribution in [3.63, 3.8) is 0 Å². The van der Waals surface area contributed by atoms with Crippen molar-refractivity contribution < 1.29 is 14.4 Å². The summed E-state index contributed by atoms with van der Waals surface area (Å²) in [5.41, 5.74) is 1.73. The van der Waals surface area contributed by atoms with E-state index in [1.54, 1.807) is 4.90 Å². The quantitative estimate of drug-likeness (QED) is 0.716. The summed E-state index contributed by atoms with van der Waals surface area (Å²) in [4.78, 5) is 43.9. The standard InChI is InChI=1S/C21H31N5O3/c1-3-24-9-11-25(12-10-24)15-20(28)26-8-7-22-21(29)18(26)14-19(27)23-17-6-4-5-16(2)13-17/h4-6,13,18H,3,7-12,14-15H2,1-2H3,(H,22,29)(H,23,27). The number of nitrogens with zero attached hydrogens (tertiary/aromatic N) is 3. The van der Waals surface area contributed by atoms with Crippen LogP contribution in [0.2, 0.25) is 0 Å². The number of carbonyl (C=O) groups is 3. The topological polar surface area (TPSA) is 85.0 Å². The maximum atomic E-state index is 12.9. The van der Waals surface area contributed by atoms with Gasteiger partial charge in [-0.25, -0.2) is 0 Å². The van der Waals surface area contributed by atoms with Gasteiger partial charge in [0.2, 0.25) is 17.7 Å². The van der Waals surface area contributed by atoms with E-state index in [4.69, 9.17) is 0 Å². The Morgan fingerprint density at radius 1 is 1.14 bits per heavy atom. The summed E-state index contributed by atoms with van der Waals surface area (Å²) in [6.07, 6.45) is -0.0465. The van der Waals surface area contributed by atoms with Crippen molar-refractivity contribution in [3.05, 3.63) is 29.8 Å². The van der Waals surface area contributed by atoms with Crippen LogP contribution in [0.3, 0.4) is 0 Å². The predicted octanol–water partition coefficient (Wildman–Crippen LogP) is 0.288. The molecule has 2 aliphatic heterocycles. The summed E-state index contributed by atoms with van der Waals surface area (Å²) in [5, 5.41) is 5.61. The molecular formula is C21H31N5O3. The molecule has 2 N–H and O–H groups in total. The van der Waals surface area contributed by atoms with Crippen molar-refractivity contribution in [2.75, 3.05) is 57.7 Å². The lowest BCUT2D eigenvalue weighted by molar-refractivity contribution is -0.145. The molecule has 8 heteroatoms. The number of aryl methyl sites for hydroxylation is 1. The highest BCUT2D eigenvalue weighted by molar-refractivity contribution is 5.97. The SMILES string of the molecule is CCN1CCN(CC(=O)N2CCNC(=O)C2CC(=O)Nc2cccc(C)c2)CC1. The molecule has 0 saturated carbocycles. The highest BCUT2D eigenvalue weighted by atomic mass is 16.2. The molecule has 8 nitrogen and oxygen atoms in total. The zero-order valence-corrected chi connectivity index (χ0v) is 17.3. The number of anilines is 1. The molecule has 29 heavy (non-hydrogen) atoms. The zero-order chi connectivity index (χ0) is 20.8. The fraction of sp³-hybridized carbons (Fsp3) is 0.571. The van der Waals surface area contributed by atoms with E-state index in [2.05, 4.69) is 27.4 Å². The van der Waals surface area contributed by atoms with Gasteiger partial charge in [0.05, 0.1) is 13.0 Å². The monoisotopic (exact) mass is 401 g/mol. The third-order valence-corrected chi connectivity index (χ3v) is 5.60. The van der Waals surface area contributed by atoms with Gasteiger partial charge in [0.15, 0.2) is 0 Å². The van der Waals surface area contributed by atoms with Crippen LogP contribution in [-0.2, 0) is 14.4 Å². The van der Waals surface area contributed by atoms with Gasteiger partial charge in [0.1, 0.15) is 6.04 Å². The van der Waals surface area contributed by atoms with Crippen LogP contribution in [0.15, 0.2) is 24.3 Å². The first-order valence-corrected chi connectivity index (χ1v) is 10.3. The lowest BCUT2D eigenvalue weighted by Crippen LogP contribution is -2.60. The molecule has 0 aliphatic carbocycles. The minimum atomic E-state index is -0.766. The smallest absolute Gasteiger partial charge is 0.243 e. The highest BCUT2D eigenvalue weighted by Crippen LogP contribution is 2.14. The molecule has 0 aromatic heterocycles. The Morgan fingerprint density at radius 2 is 1.86 bits per heavy atom. The maximum Gasteiger partial charge on any atom is 0.243 e. The Morgan fingerprint density at radius 3 is 2.55 bits per heavy atom. The Hall–Kier alpha value is -2.45. The summed E-state index contributed by atoms with van der Waals surface area (Å²) in [7, 11) is 0. The molecule has 1 aromatic rings. The third kappa shape index (κ3) is 5.77. The van der Waals surface area contributed by atoms with Gasteiger partial charge in [-0.05, 0) is 31.2 Å². The second-order valence-electron chi connectivity index (χ2n) is 7.73. The van der Waals surface area contributed by atoms with Gasteiger partial charge in [-0.1, -0.05) is 19.1 Å². The lowest BCUT2D eigenvalue weighted by Gasteiger charge is -2.38. The Kier molecular flexibility index (Phi) is 7.22. The van der Waals surface area contributed by atoms with Crippen LogP contribution in [0.5, 0.6) is 0 Å². The highest BCUT2D eigenvalue weighted by Gasteiger charge is 2.35. The van der Waals surface area contributed by atoms with Crippen molar-refractivity contribution >= 4 is 23.4 Å². The molecule has 3 rings (SSSR count). The minimum Gasteiger partial charge on any atom is -0.353 e. The van der Waals surface area contributed by atoms with Crippen molar-refractivity contribution in [2.45, 2.75) is 26.3 Å². The lowest BCUT2D eigenvalue weighted by atomic mass is 10.1. The van der Waals surface area contributed by atoms with E-state index in [9.17, 15) is 14.4 Å². The van der Waals surface area contributed by atoms with Crippen LogP contribution < -0.4 is 10.6 Å². The zero-order valence-electron chi connectivity index (χ0n) is 17.3. The van der Waals surface area contributed by atoms with E-state index in [0.717, 1.165) is 38.3 Å². The van der Waals surface area contributed by atoms with Crippen LogP contribution in [-0.4, -0.2) is 90.8 Å². The summed E-state index contributed by atoms with van der Waals surface area (Å²) in [6.45, 7) is 9.85. The average molecular weight is 402 g/mol. The molecule has 1 atom stereocenters. The maximum absolute atomic E-state index is 12.9. The number of likely N-dealkylation sites (N-methyl/N-ethyl adjacent to an activating group) is 1. The third-order valence-electron chi connectivity index (χ3n) is 5.60. The predicted molar refractivity (Wildman–Crippen MR) is 111 cm³/mol.